The molecule has 2 aromatic carbocycles. The number of carbonyl (C=O) groups is 1. The van der Waals surface area contributed by atoms with E-state index in [4.69, 9.17) is 15.1 Å². The van der Waals surface area contributed by atoms with Gasteiger partial charge >= 0.3 is 7.32 Å². The van der Waals surface area contributed by atoms with Crippen LogP contribution in [0, 0.1) is 10.1 Å². The number of rotatable bonds is 3. The fourth-order valence-electron chi connectivity index (χ4n) is 1.57. The van der Waals surface area contributed by atoms with Gasteiger partial charge in [-0.3, -0.25) is 14.9 Å². The lowest BCUT2D eigenvalue weighted by molar-refractivity contribution is -0.385. The van der Waals surface area contributed by atoms with Gasteiger partial charge in [0.05, 0.1) is 4.92 Å². The van der Waals surface area contributed by atoms with E-state index in [1.165, 1.54) is 12.1 Å². The van der Waals surface area contributed by atoms with Gasteiger partial charge in [-0.15, -0.1) is 0 Å². The van der Waals surface area contributed by atoms with Crippen LogP contribution in [0.3, 0.4) is 0 Å². The van der Waals surface area contributed by atoms with E-state index < -0.39 is 12.2 Å². The van der Waals surface area contributed by atoms with Crippen LogP contribution in [0.2, 0.25) is 0 Å². The summed E-state index contributed by atoms with van der Waals surface area (Å²) in [5.41, 5.74) is 0.395. The molecule has 0 atom stereocenters. The van der Waals surface area contributed by atoms with Gasteiger partial charge in [-0.1, -0.05) is 42.5 Å². The summed E-state index contributed by atoms with van der Waals surface area (Å²) in [5, 5.41) is 32.3. The Morgan fingerprint density at radius 2 is 1.43 bits per heavy atom. The minimum atomic E-state index is -2.17. The minimum absolute atomic E-state index is 0.115. The molecule has 8 heteroatoms. The molecular weight excluding hydrogens is 277 g/mol. The van der Waals surface area contributed by atoms with Gasteiger partial charge in [0, 0.05) is 11.6 Å². The molecule has 0 radical (unpaired) electrons. The van der Waals surface area contributed by atoms with Crippen molar-refractivity contribution in [3.05, 3.63) is 75.8 Å². The third-order valence-electron chi connectivity index (χ3n) is 2.38. The Kier molecular flexibility index (Phi) is 6.21. The minimum Gasteiger partial charge on any atom is -0.402 e. The summed E-state index contributed by atoms with van der Waals surface area (Å²) in [4.78, 5) is 22.3. The molecule has 0 spiro atoms. The molecule has 7 nitrogen and oxygen atoms in total. The first kappa shape index (κ1) is 16.5. The summed E-state index contributed by atoms with van der Waals surface area (Å²) in [6, 6.07) is 14.5. The lowest BCUT2D eigenvalue weighted by Crippen LogP contribution is -2.07. The fourth-order valence-corrected chi connectivity index (χ4v) is 1.57. The smallest absolute Gasteiger partial charge is 0.402 e. The number of para-hydroxylation sites is 1. The van der Waals surface area contributed by atoms with E-state index in [-0.39, 0.29) is 17.0 Å². The average molecular weight is 289 g/mol. The number of ketones is 1. The van der Waals surface area contributed by atoms with Gasteiger partial charge in [-0.25, -0.2) is 0 Å². The van der Waals surface area contributed by atoms with Crippen molar-refractivity contribution in [2.75, 3.05) is 0 Å². The summed E-state index contributed by atoms with van der Waals surface area (Å²) in [6.07, 6.45) is 0. The van der Waals surface area contributed by atoms with Crippen LogP contribution in [-0.2, 0) is 0 Å². The standard InChI is InChI=1S/C13H9NO3.BH3O3/c15-13(10-6-2-1-3-7-10)11-8-4-5-9-12(11)14(16)17;2-1(3)4/h1-9H;2-4H. The highest BCUT2D eigenvalue weighted by Gasteiger charge is 2.19. The first-order chi connectivity index (χ1) is 9.93. The number of hydrogen-bond donors (Lipinski definition) is 3. The predicted octanol–water partition coefficient (Wildman–Crippen LogP) is 0.774. The molecule has 0 unspecified atom stereocenters. The quantitative estimate of drug-likeness (QED) is 0.332. The Morgan fingerprint density at radius 1 is 0.952 bits per heavy atom. The largest absolute Gasteiger partial charge is 0.631 e. The van der Waals surface area contributed by atoms with Gasteiger partial charge in [0.1, 0.15) is 5.56 Å². The molecule has 3 N–H and O–H groups in total. The van der Waals surface area contributed by atoms with Crippen LogP contribution in [-0.4, -0.2) is 33.1 Å². The molecule has 0 aliphatic heterocycles. The number of benzene rings is 2. The molecule has 0 aromatic heterocycles. The highest BCUT2D eigenvalue weighted by molar-refractivity contribution is 6.30. The van der Waals surface area contributed by atoms with Gasteiger partial charge in [-0.2, -0.15) is 0 Å². The third kappa shape index (κ3) is 5.15. The van der Waals surface area contributed by atoms with Crippen LogP contribution in [0.1, 0.15) is 15.9 Å². The number of carbonyl (C=O) groups excluding carboxylic acids is 1. The predicted molar refractivity (Wildman–Crippen MR) is 75.4 cm³/mol. The van der Waals surface area contributed by atoms with Crippen LogP contribution in [0.4, 0.5) is 5.69 Å². The summed E-state index contributed by atoms with van der Waals surface area (Å²) >= 11 is 0. The van der Waals surface area contributed by atoms with Crippen LogP contribution in [0.15, 0.2) is 54.6 Å². The zero-order valence-electron chi connectivity index (χ0n) is 10.8. The second-order valence-corrected chi connectivity index (χ2v) is 3.82. The monoisotopic (exact) mass is 289 g/mol. The van der Waals surface area contributed by atoms with Crippen molar-refractivity contribution in [1.82, 2.24) is 0 Å². The maximum absolute atomic E-state index is 12.1. The summed E-state index contributed by atoms with van der Waals surface area (Å²) < 4.78 is 0. The maximum Gasteiger partial charge on any atom is 0.631 e. The molecule has 2 aromatic rings. The first-order valence-corrected chi connectivity index (χ1v) is 5.81. The van der Waals surface area contributed by atoms with Crippen molar-refractivity contribution in [3.63, 3.8) is 0 Å². The van der Waals surface area contributed by atoms with Crippen molar-refractivity contribution < 1.29 is 24.8 Å². The average Bonchev–Trinajstić information content (AvgIpc) is 2.47. The van der Waals surface area contributed by atoms with E-state index in [2.05, 4.69) is 0 Å². The van der Waals surface area contributed by atoms with Crippen molar-refractivity contribution in [3.8, 4) is 0 Å². The lowest BCUT2D eigenvalue weighted by Gasteiger charge is -2.01. The summed E-state index contributed by atoms with van der Waals surface area (Å²) in [7, 11) is -2.17. The third-order valence-corrected chi connectivity index (χ3v) is 2.38. The fraction of sp³-hybridized carbons (Fsp3) is 0. The molecule has 2 rings (SSSR count). The Labute approximate surface area is 120 Å². The van der Waals surface area contributed by atoms with E-state index >= 15 is 0 Å². The van der Waals surface area contributed by atoms with Crippen LogP contribution < -0.4 is 0 Å². The molecule has 0 heterocycles. The first-order valence-electron chi connectivity index (χ1n) is 5.81. The zero-order valence-corrected chi connectivity index (χ0v) is 10.8. The van der Waals surface area contributed by atoms with E-state index in [0.29, 0.717) is 5.56 Å². The molecule has 0 bridgehead atoms. The van der Waals surface area contributed by atoms with Gasteiger partial charge in [0.25, 0.3) is 5.69 Å². The zero-order chi connectivity index (χ0) is 15.8. The Hall–Kier alpha value is -2.55. The van der Waals surface area contributed by atoms with E-state index in [1.54, 1.807) is 42.5 Å². The van der Waals surface area contributed by atoms with E-state index in [1.807, 2.05) is 0 Å². The Balaban J connectivity index is 0.000000491. The van der Waals surface area contributed by atoms with Gasteiger partial charge < -0.3 is 15.1 Å². The SMILES string of the molecule is O=C(c1ccccc1)c1ccccc1[N+](=O)[O-].OB(O)O. The molecule has 0 saturated carbocycles. The van der Waals surface area contributed by atoms with Crippen LogP contribution in [0.25, 0.3) is 0 Å². The van der Waals surface area contributed by atoms with E-state index in [9.17, 15) is 14.9 Å². The topological polar surface area (TPSA) is 121 Å². The van der Waals surface area contributed by atoms with Crippen LogP contribution >= 0.6 is 0 Å². The second-order valence-electron chi connectivity index (χ2n) is 3.82. The number of nitrogens with zero attached hydrogens (tertiary/aromatic N) is 1. The van der Waals surface area contributed by atoms with Crippen LogP contribution in [0.5, 0.6) is 0 Å². The van der Waals surface area contributed by atoms with Crippen molar-refractivity contribution in [2.45, 2.75) is 0 Å². The van der Waals surface area contributed by atoms with E-state index in [0.717, 1.165) is 0 Å². The molecule has 108 valence electrons. The maximum atomic E-state index is 12.1. The normalized spacial score (nSPS) is 9.29. The van der Waals surface area contributed by atoms with Gasteiger partial charge in [-0.05, 0) is 6.07 Å². The number of nitro benzene ring substituents is 1. The molecular formula is C13H12BNO6. The number of hydrogen-bond acceptors (Lipinski definition) is 6. The summed E-state index contributed by atoms with van der Waals surface area (Å²) in [5.74, 6) is -0.335. The van der Waals surface area contributed by atoms with Crippen molar-refractivity contribution in [2.24, 2.45) is 0 Å². The molecule has 0 aliphatic rings. The number of nitro groups is 1. The van der Waals surface area contributed by atoms with Gasteiger partial charge in [0.2, 0.25) is 0 Å². The van der Waals surface area contributed by atoms with Crippen molar-refractivity contribution >= 4 is 18.8 Å². The highest BCUT2D eigenvalue weighted by Crippen LogP contribution is 2.20. The summed E-state index contributed by atoms with van der Waals surface area (Å²) in [6.45, 7) is 0. The molecule has 0 amide bonds. The van der Waals surface area contributed by atoms with Gasteiger partial charge in [0.15, 0.2) is 5.78 Å². The second kappa shape index (κ2) is 7.90. The highest BCUT2D eigenvalue weighted by atomic mass is 16.6. The Morgan fingerprint density at radius 3 is 1.95 bits per heavy atom. The molecule has 21 heavy (non-hydrogen) atoms. The lowest BCUT2D eigenvalue weighted by atomic mass is 10.0. The molecule has 0 saturated heterocycles. The molecule has 0 aliphatic carbocycles. The molecule has 0 fully saturated rings. The Bertz CT molecular complexity index is 614. The van der Waals surface area contributed by atoms with Crippen molar-refractivity contribution in [1.29, 1.82) is 0 Å².